The van der Waals surface area contributed by atoms with Crippen molar-refractivity contribution in [2.45, 2.75) is 51.2 Å². The molecule has 6 nitrogen and oxygen atoms in total. The van der Waals surface area contributed by atoms with Crippen molar-refractivity contribution in [1.29, 1.82) is 0 Å². The van der Waals surface area contributed by atoms with E-state index in [0.29, 0.717) is 13.0 Å². The lowest BCUT2D eigenvalue weighted by atomic mass is 9.69. The predicted molar refractivity (Wildman–Crippen MR) is 119 cm³/mol. The van der Waals surface area contributed by atoms with Gasteiger partial charge < -0.3 is 10.2 Å². The van der Waals surface area contributed by atoms with Crippen molar-refractivity contribution in [2.24, 2.45) is 5.41 Å². The highest BCUT2D eigenvalue weighted by atomic mass is 16.2. The molecular weight excluding hydrogens is 388 g/mol. The zero-order chi connectivity index (χ0) is 21.4. The van der Waals surface area contributed by atoms with Crippen LogP contribution in [0.1, 0.15) is 31.7 Å². The van der Waals surface area contributed by atoms with Crippen molar-refractivity contribution in [3.05, 3.63) is 66.4 Å². The summed E-state index contributed by atoms with van der Waals surface area (Å²) in [5.74, 6) is 0.133. The first-order valence-corrected chi connectivity index (χ1v) is 11.2. The number of hydrogen-bond acceptors (Lipinski definition) is 3. The van der Waals surface area contributed by atoms with Crippen LogP contribution in [-0.2, 0) is 22.6 Å². The smallest absolute Gasteiger partial charge is 0.244 e. The fourth-order valence-electron chi connectivity index (χ4n) is 5.73. The molecule has 2 bridgehead atoms. The van der Waals surface area contributed by atoms with Gasteiger partial charge in [-0.05, 0) is 44.2 Å². The number of fused-ring (bicyclic) bond motifs is 3. The van der Waals surface area contributed by atoms with E-state index in [-0.39, 0.29) is 30.4 Å². The van der Waals surface area contributed by atoms with E-state index in [9.17, 15) is 9.59 Å². The number of para-hydroxylation sites is 1. The van der Waals surface area contributed by atoms with Crippen LogP contribution in [0.25, 0.3) is 10.9 Å². The minimum Gasteiger partial charge on any atom is -0.356 e. The summed E-state index contributed by atoms with van der Waals surface area (Å²) < 4.78 is 1.78. The molecular formula is C25H28N4O2. The molecule has 2 fully saturated rings. The fourth-order valence-corrected chi connectivity index (χ4v) is 5.73. The average Bonchev–Trinajstić information content (AvgIpc) is 3.47. The molecule has 3 aromatic rings. The summed E-state index contributed by atoms with van der Waals surface area (Å²) in [6.07, 6.45) is 5.03. The third-order valence-electron chi connectivity index (χ3n) is 7.02. The highest BCUT2D eigenvalue weighted by molar-refractivity contribution is 5.88. The highest BCUT2D eigenvalue weighted by Gasteiger charge is 2.60. The van der Waals surface area contributed by atoms with Gasteiger partial charge in [0, 0.05) is 24.0 Å². The van der Waals surface area contributed by atoms with Gasteiger partial charge in [0.2, 0.25) is 11.8 Å². The molecule has 1 N–H and O–H groups in total. The standard InChI is InChI=1S/C25H28N4O2/c1-2-26-24(31)25(14-18-8-4-3-5-9-18)15-20-12-13-22(25)29(20)23(30)17-28-21-11-7-6-10-19(21)16-27-28/h3-11,16,20,22H,2,12-15,17H2,1H3,(H,26,31)/t20?,22?,25-/m0/s1. The number of hydrogen-bond donors (Lipinski definition) is 1. The molecule has 1 aromatic heterocycles. The molecule has 2 saturated heterocycles. The normalized spacial score (nSPS) is 24.6. The topological polar surface area (TPSA) is 67.2 Å². The number of carbonyl (C=O) groups is 2. The van der Waals surface area contributed by atoms with Gasteiger partial charge in [0.05, 0.1) is 17.1 Å². The number of aromatic nitrogens is 2. The van der Waals surface area contributed by atoms with Crippen LogP contribution in [0, 0.1) is 5.41 Å². The Bertz CT molecular complexity index is 1110. The van der Waals surface area contributed by atoms with Crippen LogP contribution < -0.4 is 5.32 Å². The molecule has 31 heavy (non-hydrogen) atoms. The summed E-state index contributed by atoms with van der Waals surface area (Å²) in [5.41, 5.74) is 1.54. The van der Waals surface area contributed by atoms with E-state index in [1.807, 2.05) is 54.3 Å². The summed E-state index contributed by atoms with van der Waals surface area (Å²) in [7, 11) is 0. The second-order valence-electron chi connectivity index (χ2n) is 8.79. The first-order chi connectivity index (χ1) is 15.1. The minimum atomic E-state index is -0.567. The first-order valence-electron chi connectivity index (χ1n) is 11.2. The SMILES string of the molecule is CCNC(=O)[C@@]1(Cc2ccccc2)CC2CCC1N2C(=O)Cn1ncc2ccccc21. The average molecular weight is 417 g/mol. The van der Waals surface area contributed by atoms with E-state index < -0.39 is 5.41 Å². The molecule has 0 spiro atoms. The zero-order valence-corrected chi connectivity index (χ0v) is 17.8. The van der Waals surface area contributed by atoms with Crippen LogP contribution >= 0.6 is 0 Å². The Balaban J connectivity index is 1.44. The maximum Gasteiger partial charge on any atom is 0.244 e. The molecule has 160 valence electrons. The molecule has 3 atom stereocenters. The molecule has 2 aromatic carbocycles. The second-order valence-corrected chi connectivity index (χ2v) is 8.79. The number of nitrogens with zero attached hydrogens (tertiary/aromatic N) is 3. The highest BCUT2D eigenvalue weighted by Crippen LogP contribution is 2.52. The van der Waals surface area contributed by atoms with Crippen LogP contribution in [0.15, 0.2) is 60.8 Å². The van der Waals surface area contributed by atoms with Crippen molar-refractivity contribution in [3.8, 4) is 0 Å². The van der Waals surface area contributed by atoms with Crippen molar-refractivity contribution in [3.63, 3.8) is 0 Å². The van der Waals surface area contributed by atoms with Crippen LogP contribution in [0.2, 0.25) is 0 Å². The third kappa shape index (κ3) is 3.30. The maximum absolute atomic E-state index is 13.5. The van der Waals surface area contributed by atoms with Gasteiger partial charge in [-0.2, -0.15) is 5.10 Å². The van der Waals surface area contributed by atoms with Crippen LogP contribution in [0.5, 0.6) is 0 Å². The Morgan fingerprint density at radius 2 is 1.87 bits per heavy atom. The van der Waals surface area contributed by atoms with Crippen molar-refractivity contribution >= 4 is 22.7 Å². The monoisotopic (exact) mass is 416 g/mol. The molecule has 2 amide bonds. The summed E-state index contributed by atoms with van der Waals surface area (Å²) in [4.78, 5) is 28.8. The van der Waals surface area contributed by atoms with Gasteiger partial charge in [0.1, 0.15) is 6.54 Å². The summed E-state index contributed by atoms with van der Waals surface area (Å²) in [6.45, 7) is 2.75. The van der Waals surface area contributed by atoms with Gasteiger partial charge in [0.15, 0.2) is 0 Å². The van der Waals surface area contributed by atoms with E-state index in [1.54, 1.807) is 10.9 Å². The Morgan fingerprint density at radius 1 is 1.10 bits per heavy atom. The molecule has 2 aliphatic heterocycles. The zero-order valence-electron chi connectivity index (χ0n) is 17.8. The summed E-state index contributed by atoms with van der Waals surface area (Å²) in [6, 6.07) is 18.2. The Hall–Kier alpha value is -3.15. The van der Waals surface area contributed by atoms with Crippen LogP contribution in [0.3, 0.4) is 0 Å². The molecule has 5 rings (SSSR count). The van der Waals surface area contributed by atoms with E-state index in [1.165, 1.54) is 0 Å². The molecule has 2 unspecified atom stereocenters. The number of amides is 2. The molecule has 6 heteroatoms. The maximum atomic E-state index is 13.5. The van der Waals surface area contributed by atoms with Crippen molar-refractivity contribution in [2.75, 3.05) is 6.54 Å². The fraction of sp³-hybridized carbons (Fsp3) is 0.400. The van der Waals surface area contributed by atoms with Crippen LogP contribution in [-0.4, -0.2) is 45.1 Å². The van der Waals surface area contributed by atoms with Gasteiger partial charge in [-0.1, -0.05) is 48.5 Å². The number of benzene rings is 2. The number of carbonyl (C=O) groups excluding carboxylic acids is 2. The van der Waals surface area contributed by atoms with E-state index >= 15 is 0 Å². The Kier molecular flexibility index (Phi) is 5.00. The quantitative estimate of drug-likeness (QED) is 0.671. The van der Waals surface area contributed by atoms with E-state index in [4.69, 9.17) is 0 Å². The molecule has 0 saturated carbocycles. The van der Waals surface area contributed by atoms with Gasteiger partial charge in [-0.3, -0.25) is 14.3 Å². The number of nitrogens with one attached hydrogen (secondary N) is 1. The van der Waals surface area contributed by atoms with Gasteiger partial charge in [0.25, 0.3) is 0 Å². The third-order valence-corrected chi connectivity index (χ3v) is 7.02. The van der Waals surface area contributed by atoms with Gasteiger partial charge in [-0.25, -0.2) is 0 Å². The van der Waals surface area contributed by atoms with Crippen molar-refractivity contribution < 1.29 is 9.59 Å². The molecule has 0 aliphatic carbocycles. The largest absolute Gasteiger partial charge is 0.356 e. The number of rotatable bonds is 6. The van der Waals surface area contributed by atoms with E-state index in [0.717, 1.165) is 35.7 Å². The second kappa shape index (κ2) is 7.84. The lowest BCUT2D eigenvalue weighted by Crippen LogP contribution is -2.51. The molecule has 3 heterocycles. The van der Waals surface area contributed by atoms with Crippen LogP contribution in [0.4, 0.5) is 0 Å². The summed E-state index contributed by atoms with van der Waals surface area (Å²) >= 11 is 0. The first kappa shape index (κ1) is 19.8. The minimum absolute atomic E-state index is 0.0561. The Morgan fingerprint density at radius 3 is 2.68 bits per heavy atom. The Labute approximate surface area is 182 Å². The lowest BCUT2D eigenvalue weighted by Gasteiger charge is -2.36. The van der Waals surface area contributed by atoms with Gasteiger partial charge in [-0.15, -0.1) is 0 Å². The van der Waals surface area contributed by atoms with Crippen molar-refractivity contribution in [1.82, 2.24) is 20.0 Å². The lowest BCUT2D eigenvalue weighted by molar-refractivity contribution is -0.137. The summed E-state index contributed by atoms with van der Waals surface area (Å²) in [5, 5.41) is 8.53. The van der Waals surface area contributed by atoms with E-state index in [2.05, 4.69) is 22.5 Å². The van der Waals surface area contributed by atoms with Gasteiger partial charge >= 0.3 is 0 Å². The molecule has 2 aliphatic rings. The molecule has 0 radical (unpaired) electrons. The predicted octanol–water partition coefficient (Wildman–Crippen LogP) is 3.16.